The fourth-order valence-electron chi connectivity index (χ4n) is 4.37. The van der Waals surface area contributed by atoms with E-state index in [1.54, 1.807) is 43.5 Å². The third-order valence-electron chi connectivity index (χ3n) is 7.07. The Morgan fingerprint density at radius 1 is 0.951 bits per heavy atom. The first-order valence-corrected chi connectivity index (χ1v) is 14.3. The van der Waals surface area contributed by atoms with Gasteiger partial charge in [0, 0.05) is 25.9 Å². The molecule has 0 saturated carbocycles. The van der Waals surface area contributed by atoms with Crippen LogP contribution in [0.4, 0.5) is 4.79 Å². The Balaban J connectivity index is 1.46. The predicted octanol–water partition coefficient (Wildman–Crippen LogP) is 6.09. The van der Waals surface area contributed by atoms with E-state index in [-0.39, 0.29) is 28.6 Å². The molecule has 0 fully saturated rings. The van der Waals surface area contributed by atoms with Crippen LogP contribution in [0.2, 0.25) is 0 Å². The third-order valence-corrected chi connectivity index (χ3v) is 7.07. The molecule has 1 heterocycles. The topological polar surface area (TPSA) is 127 Å². The number of amides is 2. The number of ether oxygens (including phenoxy) is 2. The summed E-state index contributed by atoms with van der Waals surface area (Å²) in [5.74, 6) is 0.946. The first-order valence-electron chi connectivity index (χ1n) is 14.3. The van der Waals surface area contributed by atoms with E-state index in [4.69, 9.17) is 13.9 Å². The molecule has 2 amide bonds. The van der Waals surface area contributed by atoms with Gasteiger partial charge < -0.3 is 29.6 Å². The van der Waals surface area contributed by atoms with Crippen LogP contribution in [0.5, 0.6) is 11.5 Å². The van der Waals surface area contributed by atoms with Crippen molar-refractivity contribution in [3.05, 3.63) is 58.4 Å². The van der Waals surface area contributed by atoms with Crippen molar-refractivity contribution in [2.24, 2.45) is 0 Å². The van der Waals surface area contributed by atoms with E-state index in [1.165, 1.54) is 6.07 Å². The Hall–Kier alpha value is -4.01. The average Bonchev–Trinajstić information content (AvgIpc) is 2.94. The summed E-state index contributed by atoms with van der Waals surface area (Å²) in [6.45, 7) is 6.89. The number of aromatic hydroxyl groups is 1. The third kappa shape index (κ3) is 9.27. The molecule has 41 heavy (non-hydrogen) atoms. The number of methoxy groups -OCH3 is 1. The molecule has 0 saturated heterocycles. The van der Waals surface area contributed by atoms with Gasteiger partial charge in [-0.3, -0.25) is 9.59 Å². The zero-order valence-electron chi connectivity index (χ0n) is 24.5. The van der Waals surface area contributed by atoms with Crippen LogP contribution in [-0.4, -0.2) is 42.9 Å². The summed E-state index contributed by atoms with van der Waals surface area (Å²) in [4.78, 5) is 37.6. The standard InChI is InChI=1S/C32H42N2O7/c1-5-32(2,3)41-31(38)34-21-9-7-6-8-20-33-27(36)15-11-14-25-28(22-16-18-23(39-4)19-17-22)30(37)29-24(35)12-10-13-26(29)40-25/h10,12-13,16-19,35H,5-9,11,14-15,20-21H2,1-4H3,(H,33,36)(H,34,38). The van der Waals surface area contributed by atoms with Crippen molar-refractivity contribution in [1.29, 1.82) is 0 Å². The Labute approximate surface area is 241 Å². The number of phenols is 1. The Bertz CT molecular complexity index is 1360. The smallest absolute Gasteiger partial charge is 0.407 e. The molecule has 3 aromatic rings. The maximum absolute atomic E-state index is 13.4. The van der Waals surface area contributed by atoms with Crippen LogP contribution in [-0.2, 0) is 16.0 Å². The Morgan fingerprint density at radius 3 is 2.29 bits per heavy atom. The summed E-state index contributed by atoms with van der Waals surface area (Å²) < 4.78 is 16.7. The van der Waals surface area contributed by atoms with Crippen molar-refractivity contribution in [1.82, 2.24) is 10.6 Å². The molecule has 0 atom stereocenters. The molecule has 0 aliphatic carbocycles. The van der Waals surface area contributed by atoms with Gasteiger partial charge >= 0.3 is 6.09 Å². The van der Waals surface area contributed by atoms with Gasteiger partial charge in [0.2, 0.25) is 11.3 Å². The molecular weight excluding hydrogens is 524 g/mol. The molecule has 0 unspecified atom stereocenters. The number of phenolic OH excluding ortho intramolecular Hbond substituents is 1. The van der Waals surface area contributed by atoms with Crippen molar-refractivity contribution >= 4 is 23.0 Å². The zero-order chi connectivity index (χ0) is 29.8. The lowest BCUT2D eigenvalue weighted by atomic mass is 9.99. The second kappa shape index (κ2) is 15.1. The second-order valence-electron chi connectivity index (χ2n) is 10.7. The van der Waals surface area contributed by atoms with Gasteiger partial charge in [0.1, 0.15) is 33.8 Å². The van der Waals surface area contributed by atoms with Crippen molar-refractivity contribution in [2.45, 2.75) is 77.7 Å². The Morgan fingerprint density at radius 2 is 1.63 bits per heavy atom. The molecule has 0 aliphatic rings. The highest BCUT2D eigenvalue weighted by Gasteiger charge is 2.20. The molecule has 9 heteroatoms. The van der Waals surface area contributed by atoms with Crippen molar-refractivity contribution in [3.8, 4) is 22.6 Å². The van der Waals surface area contributed by atoms with Crippen LogP contribution in [0.15, 0.2) is 51.7 Å². The van der Waals surface area contributed by atoms with Crippen LogP contribution in [0.1, 0.15) is 71.5 Å². The van der Waals surface area contributed by atoms with Crippen LogP contribution in [0.25, 0.3) is 22.1 Å². The van der Waals surface area contributed by atoms with Gasteiger partial charge in [-0.25, -0.2) is 4.79 Å². The Kier molecular flexibility index (Phi) is 11.6. The first-order chi connectivity index (χ1) is 19.6. The number of hydrogen-bond donors (Lipinski definition) is 3. The SMILES string of the molecule is CCC(C)(C)OC(=O)NCCCCCCNC(=O)CCCc1oc2cccc(O)c2c(=O)c1-c1ccc(OC)cc1. The lowest BCUT2D eigenvalue weighted by Crippen LogP contribution is -2.34. The summed E-state index contributed by atoms with van der Waals surface area (Å²) >= 11 is 0. The van der Waals surface area contributed by atoms with Gasteiger partial charge in [-0.15, -0.1) is 0 Å². The molecule has 3 rings (SSSR count). The van der Waals surface area contributed by atoms with Crippen molar-refractivity contribution in [3.63, 3.8) is 0 Å². The van der Waals surface area contributed by atoms with Crippen LogP contribution in [0, 0.1) is 0 Å². The number of nitrogens with one attached hydrogen (secondary N) is 2. The van der Waals surface area contributed by atoms with Gasteiger partial charge in [0.15, 0.2) is 0 Å². The largest absolute Gasteiger partial charge is 0.507 e. The number of carbonyl (C=O) groups is 2. The normalized spacial score (nSPS) is 11.3. The van der Waals surface area contributed by atoms with E-state index in [1.807, 2.05) is 20.8 Å². The summed E-state index contributed by atoms with van der Waals surface area (Å²) in [5.41, 5.74) is 0.559. The van der Waals surface area contributed by atoms with Gasteiger partial charge in [0.05, 0.1) is 12.7 Å². The molecule has 0 aliphatic heterocycles. The maximum atomic E-state index is 13.4. The number of benzene rings is 2. The minimum atomic E-state index is -0.464. The number of fused-ring (bicyclic) bond motifs is 1. The zero-order valence-corrected chi connectivity index (χ0v) is 24.5. The van der Waals surface area contributed by atoms with Crippen molar-refractivity contribution < 1.29 is 28.6 Å². The monoisotopic (exact) mass is 566 g/mol. The molecular formula is C32H42N2O7. The minimum Gasteiger partial charge on any atom is -0.507 e. The maximum Gasteiger partial charge on any atom is 0.407 e. The number of unbranched alkanes of at least 4 members (excludes halogenated alkanes) is 3. The van der Waals surface area contributed by atoms with Gasteiger partial charge in [0.25, 0.3) is 0 Å². The number of alkyl carbamates (subject to hydrolysis) is 1. The minimum absolute atomic E-state index is 0.0558. The van der Waals surface area contributed by atoms with E-state index in [2.05, 4.69) is 10.6 Å². The highest BCUT2D eigenvalue weighted by Crippen LogP contribution is 2.30. The summed E-state index contributed by atoms with van der Waals surface area (Å²) in [6.07, 6.45) is 5.13. The van der Waals surface area contributed by atoms with E-state index in [0.29, 0.717) is 60.6 Å². The van der Waals surface area contributed by atoms with Crippen LogP contribution in [0.3, 0.4) is 0 Å². The number of hydrogen-bond acceptors (Lipinski definition) is 7. The highest BCUT2D eigenvalue weighted by atomic mass is 16.6. The van der Waals surface area contributed by atoms with Gasteiger partial charge in [-0.2, -0.15) is 0 Å². The highest BCUT2D eigenvalue weighted by molar-refractivity contribution is 5.87. The molecule has 0 radical (unpaired) electrons. The number of aryl methyl sites for hydroxylation is 1. The second-order valence-corrected chi connectivity index (χ2v) is 10.7. The van der Waals surface area contributed by atoms with E-state index >= 15 is 0 Å². The number of carbonyl (C=O) groups excluding carboxylic acids is 2. The average molecular weight is 567 g/mol. The lowest BCUT2D eigenvalue weighted by Gasteiger charge is -2.23. The quantitative estimate of drug-likeness (QED) is 0.190. The first kappa shape index (κ1) is 31.5. The van der Waals surface area contributed by atoms with Crippen LogP contribution >= 0.6 is 0 Å². The summed E-state index contributed by atoms with van der Waals surface area (Å²) in [7, 11) is 1.57. The summed E-state index contributed by atoms with van der Waals surface area (Å²) in [5, 5.41) is 16.2. The predicted molar refractivity (Wildman–Crippen MR) is 159 cm³/mol. The molecule has 1 aromatic heterocycles. The fraction of sp³-hybridized carbons (Fsp3) is 0.469. The molecule has 2 aromatic carbocycles. The van der Waals surface area contributed by atoms with E-state index < -0.39 is 5.60 Å². The molecule has 0 bridgehead atoms. The van der Waals surface area contributed by atoms with E-state index in [9.17, 15) is 19.5 Å². The van der Waals surface area contributed by atoms with Crippen LogP contribution < -0.4 is 20.8 Å². The molecule has 9 nitrogen and oxygen atoms in total. The number of rotatable bonds is 15. The van der Waals surface area contributed by atoms with Gasteiger partial charge in [-0.1, -0.05) is 38.0 Å². The summed E-state index contributed by atoms with van der Waals surface area (Å²) in [6, 6.07) is 11.8. The van der Waals surface area contributed by atoms with E-state index in [0.717, 1.165) is 32.1 Å². The molecule has 0 spiro atoms. The van der Waals surface area contributed by atoms with Crippen molar-refractivity contribution in [2.75, 3.05) is 20.2 Å². The lowest BCUT2D eigenvalue weighted by molar-refractivity contribution is -0.121. The fourth-order valence-corrected chi connectivity index (χ4v) is 4.37. The molecule has 222 valence electrons. The van der Waals surface area contributed by atoms with Gasteiger partial charge in [-0.05, 0) is 69.4 Å². The molecule has 3 N–H and O–H groups in total.